The zero-order valence-electron chi connectivity index (χ0n) is 13.1. The van der Waals surface area contributed by atoms with Crippen molar-refractivity contribution in [3.63, 3.8) is 0 Å². The van der Waals surface area contributed by atoms with Gasteiger partial charge in [0.25, 0.3) is 10.0 Å². The van der Waals surface area contributed by atoms with Crippen molar-refractivity contribution in [1.29, 1.82) is 5.26 Å². The fourth-order valence-corrected chi connectivity index (χ4v) is 3.18. The van der Waals surface area contributed by atoms with Crippen LogP contribution in [-0.4, -0.2) is 29.2 Å². The highest BCUT2D eigenvalue weighted by Crippen LogP contribution is 2.30. The van der Waals surface area contributed by atoms with Crippen LogP contribution in [0.3, 0.4) is 0 Å². The third-order valence-corrected chi connectivity index (χ3v) is 4.47. The van der Waals surface area contributed by atoms with Gasteiger partial charge in [-0.1, -0.05) is 0 Å². The van der Waals surface area contributed by atoms with Crippen LogP contribution in [0.5, 0.6) is 17.2 Å². The molecular weight excluding hydrogens is 332 g/mol. The predicted molar refractivity (Wildman–Crippen MR) is 87.9 cm³/mol. The summed E-state index contributed by atoms with van der Waals surface area (Å²) in [7, 11) is -1.03. The van der Waals surface area contributed by atoms with Crippen LogP contribution >= 0.6 is 0 Å². The second-order valence-electron chi connectivity index (χ2n) is 4.59. The van der Waals surface area contributed by atoms with Crippen molar-refractivity contribution in [3.05, 3.63) is 42.5 Å². The van der Waals surface area contributed by atoms with Crippen LogP contribution in [0, 0.1) is 11.3 Å². The van der Waals surface area contributed by atoms with Gasteiger partial charge in [0, 0.05) is 11.8 Å². The largest absolute Gasteiger partial charge is 0.497 e. The van der Waals surface area contributed by atoms with Crippen molar-refractivity contribution in [2.45, 2.75) is 4.90 Å². The van der Waals surface area contributed by atoms with Gasteiger partial charge in [-0.2, -0.15) is 5.26 Å². The Morgan fingerprint density at radius 1 is 1.04 bits per heavy atom. The highest BCUT2D eigenvalue weighted by Gasteiger charge is 2.20. The summed E-state index contributed by atoms with van der Waals surface area (Å²) in [5, 5.41) is 8.46. The Kier molecular flexibility index (Phi) is 5.50. The topological polar surface area (TPSA) is 97.7 Å². The van der Waals surface area contributed by atoms with Gasteiger partial charge in [-0.3, -0.25) is 4.72 Å². The molecule has 2 aromatic carbocycles. The zero-order valence-corrected chi connectivity index (χ0v) is 14.0. The molecule has 0 bridgehead atoms. The first-order valence-electron chi connectivity index (χ1n) is 6.85. The van der Waals surface area contributed by atoms with Crippen molar-refractivity contribution in [1.82, 2.24) is 0 Å². The number of nitrogens with one attached hydrogen (secondary N) is 1. The van der Waals surface area contributed by atoms with Crippen LogP contribution in [0.1, 0.15) is 0 Å². The smallest absolute Gasteiger partial charge is 0.265 e. The average molecular weight is 348 g/mol. The predicted octanol–water partition coefficient (Wildman–Crippen LogP) is 2.41. The summed E-state index contributed by atoms with van der Waals surface area (Å²) in [6.45, 7) is -0.0773. The number of nitriles is 1. The van der Waals surface area contributed by atoms with Crippen LogP contribution in [0.25, 0.3) is 0 Å². The number of anilines is 1. The fourth-order valence-electron chi connectivity index (χ4n) is 1.94. The van der Waals surface area contributed by atoms with E-state index >= 15 is 0 Å². The summed E-state index contributed by atoms with van der Waals surface area (Å²) in [6.07, 6.45) is 0. The first-order chi connectivity index (χ1) is 11.5. The highest BCUT2D eigenvalue weighted by atomic mass is 32.2. The molecule has 0 atom stereocenters. The minimum Gasteiger partial charge on any atom is -0.497 e. The van der Waals surface area contributed by atoms with Crippen molar-refractivity contribution >= 4 is 15.7 Å². The van der Waals surface area contributed by atoms with Gasteiger partial charge >= 0.3 is 0 Å². The molecule has 7 nitrogen and oxygen atoms in total. The molecule has 0 heterocycles. The zero-order chi connectivity index (χ0) is 17.6. The maximum atomic E-state index is 12.6. The lowest BCUT2D eigenvalue weighted by molar-refractivity contribution is 0.368. The molecule has 0 spiro atoms. The number of rotatable bonds is 7. The van der Waals surface area contributed by atoms with Gasteiger partial charge in [0.15, 0.2) is 6.61 Å². The SMILES string of the molecule is COc1ccc(OC)c(S(=O)(=O)Nc2ccc(OCC#N)cc2)c1. The van der Waals surface area contributed by atoms with Gasteiger partial charge in [0.1, 0.15) is 28.2 Å². The second kappa shape index (κ2) is 7.57. The molecule has 2 aromatic rings. The molecule has 0 amide bonds. The molecule has 0 saturated heterocycles. The van der Waals surface area contributed by atoms with E-state index in [4.69, 9.17) is 19.5 Å². The number of benzene rings is 2. The van der Waals surface area contributed by atoms with E-state index in [9.17, 15) is 8.42 Å². The van der Waals surface area contributed by atoms with Crippen LogP contribution < -0.4 is 18.9 Å². The summed E-state index contributed by atoms with van der Waals surface area (Å²) < 4.78 is 42.9. The Balaban J connectivity index is 2.27. The first-order valence-corrected chi connectivity index (χ1v) is 8.33. The van der Waals surface area contributed by atoms with E-state index < -0.39 is 10.0 Å². The number of sulfonamides is 1. The highest BCUT2D eigenvalue weighted by molar-refractivity contribution is 7.92. The normalized spacial score (nSPS) is 10.5. The van der Waals surface area contributed by atoms with Gasteiger partial charge in [-0.25, -0.2) is 8.42 Å². The number of hydrogen-bond donors (Lipinski definition) is 1. The monoisotopic (exact) mass is 348 g/mol. The summed E-state index contributed by atoms with van der Waals surface area (Å²) in [5.41, 5.74) is 0.351. The summed E-state index contributed by atoms with van der Waals surface area (Å²) in [5.74, 6) is 1.08. The molecule has 2 rings (SSSR count). The van der Waals surface area contributed by atoms with Gasteiger partial charge in [-0.15, -0.1) is 0 Å². The van der Waals surface area contributed by atoms with Gasteiger partial charge in [0.05, 0.1) is 14.2 Å². The van der Waals surface area contributed by atoms with E-state index in [1.807, 2.05) is 6.07 Å². The number of ether oxygens (including phenoxy) is 3. The molecule has 0 aromatic heterocycles. The van der Waals surface area contributed by atoms with E-state index in [0.717, 1.165) is 0 Å². The number of nitrogens with zero attached hydrogens (tertiary/aromatic N) is 1. The Bertz CT molecular complexity index is 842. The van der Waals surface area contributed by atoms with Crippen molar-refractivity contribution in [3.8, 4) is 23.3 Å². The Morgan fingerprint density at radius 3 is 2.29 bits per heavy atom. The van der Waals surface area contributed by atoms with Crippen molar-refractivity contribution < 1.29 is 22.6 Å². The fraction of sp³-hybridized carbons (Fsp3) is 0.188. The lowest BCUT2D eigenvalue weighted by Gasteiger charge is -2.13. The van der Waals surface area contributed by atoms with Gasteiger partial charge < -0.3 is 14.2 Å². The van der Waals surface area contributed by atoms with Crippen LogP contribution in [0.2, 0.25) is 0 Å². The minimum absolute atomic E-state index is 0.0332. The molecule has 1 N–H and O–H groups in total. The Labute approximate surface area is 140 Å². The molecule has 0 aliphatic carbocycles. The molecule has 8 heteroatoms. The Hall–Kier alpha value is -2.92. The minimum atomic E-state index is -3.87. The molecule has 0 aliphatic rings. The number of methoxy groups -OCH3 is 2. The molecule has 0 aliphatic heterocycles. The van der Waals surface area contributed by atoms with Crippen LogP contribution in [0.4, 0.5) is 5.69 Å². The lowest BCUT2D eigenvalue weighted by atomic mass is 10.3. The van der Waals surface area contributed by atoms with Gasteiger partial charge in [0.2, 0.25) is 0 Å². The van der Waals surface area contributed by atoms with E-state index in [-0.39, 0.29) is 17.3 Å². The van der Waals surface area contributed by atoms with Crippen LogP contribution in [-0.2, 0) is 10.0 Å². The van der Waals surface area contributed by atoms with Gasteiger partial charge in [-0.05, 0) is 36.4 Å². The third-order valence-electron chi connectivity index (χ3n) is 3.07. The van der Waals surface area contributed by atoms with E-state index in [0.29, 0.717) is 17.2 Å². The molecule has 0 fully saturated rings. The van der Waals surface area contributed by atoms with Crippen LogP contribution in [0.15, 0.2) is 47.4 Å². The molecule has 0 saturated carbocycles. The van der Waals surface area contributed by atoms with Crippen molar-refractivity contribution in [2.75, 3.05) is 25.5 Å². The van der Waals surface area contributed by atoms with Crippen molar-refractivity contribution in [2.24, 2.45) is 0 Å². The summed E-state index contributed by atoms with van der Waals surface area (Å²) in [4.78, 5) is -0.0332. The molecule has 0 radical (unpaired) electrons. The third kappa shape index (κ3) is 4.08. The number of hydrogen-bond acceptors (Lipinski definition) is 6. The first kappa shape index (κ1) is 17.4. The van der Waals surface area contributed by atoms with E-state index in [1.54, 1.807) is 18.2 Å². The van der Waals surface area contributed by atoms with E-state index in [2.05, 4.69) is 4.72 Å². The Morgan fingerprint density at radius 2 is 1.71 bits per heavy atom. The quantitative estimate of drug-likeness (QED) is 0.825. The molecule has 24 heavy (non-hydrogen) atoms. The molecular formula is C16H16N2O5S. The lowest BCUT2D eigenvalue weighted by Crippen LogP contribution is -2.14. The second-order valence-corrected chi connectivity index (χ2v) is 6.24. The summed E-state index contributed by atoms with van der Waals surface area (Å²) >= 11 is 0. The summed E-state index contributed by atoms with van der Waals surface area (Å²) in [6, 6.07) is 12.6. The average Bonchev–Trinajstić information content (AvgIpc) is 2.60. The maximum absolute atomic E-state index is 12.6. The maximum Gasteiger partial charge on any atom is 0.265 e. The molecule has 126 valence electrons. The van der Waals surface area contributed by atoms with E-state index in [1.165, 1.54) is 38.5 Å². The standard InChI is InChI=1S/C16H16N2O5S/c1-21-14-7-8-15(22-2)16(11-14)24(19,20)18-12-3-5-13(6-4-12)23-10-9-17/h3-8,11,18H,10H2,1-2H3. The molecule has 0 unspecified atom stereocenters.